The molecule has 1 fully saturated rings. The number of thioether (sulfide) groups is 1. The predicted molar refractivity (Wildman–Crippen MR) is 76.7 cm³/mol. The molecule has 0 aliphatic carbocycles. The minimum absolute atomic E-state index is 0.0668. The van der Waals surface area contributed by atoms with Crippen LogP contribution < -0.4 is 4.74 Å². The fourth-order valence-corrected chi connectivity index (χ4v) is 4.42. The molecule has 0 saturated carbocycles. The Balaban J connectivity index is 2.14. The molecule has 1 N–H and O–H groups in total. The van der Waals surface area contributed by atoms with Crippen molar-refractivity contribution in [2.75, 3.05) is 6.61 Å². The molecule has 0 spiro atoms. The fourth-order valence-electron chi connectivity index (χ4n) is 3.16. The van der Waals surface area contributed by atoms with Crippen molar-refractivity contribution in [1.29, 1.82) is 10.7 Å². The maximum atomic E-state index is 9.45. The third kappa shape index (κ3) is 1.84. The zero-order chi connectivity index (χ0) is 13.6. The Morgan fingerprint density at radius 1 is 1.42 bits per heavy atom. The average molecular weight is 272 g/mol. The Hall–Kier alpha value is -1.47. The summed E-state index contributed by atoms with van der Waals surface area (Å²) in [6.45, 7) is 4.93. The number of ether oxygens (including phenoxy) is 1. The Bertz CT molecular complexity index is 576. The van der Waals surface area contributed by atoms with E-state index in [1.807, 2.05) is 24.3 Å². The van der Waals surface area contributed by atoms with Crippen LogP contribution in [0.4, 0.5) is 0 Å². The summed E-state index contributed by atoms with van der Waals surface area (Å²) in [5.74, 6) is 0.887. The maximum Gasteiger partial charge on any atom is 0.122 e. The van der Waals surface area contributed by atoms with Gasteiger partial charge in [-0.1, -0.05) is 18.2 Å². The van der Waals surface area contributed by atoms with Crippen molar-refractivity contribution in [3.63, 3.8) is 0 Å². The average Bonchev–Trinajstić information content (AvgIpc) is 2.38. The van der Waals surface area contributed by atoms with Gasteiger partial charge in [-0.25, -0.2) is 0 Å². The van der Waals surface area contributed by atoms with E-state index < -0.39 is 0 Å². The smallest absolute Gasteiger partial charge is 0.122 e. The zero-order valence-electron chi connectivity index (χ0n) is 11.0. The molecule has 1 aromatic carbocycles. The molecule has 0 amide bonds. The largest absolute Gasteiger partial charge is 0.493 e. The first-order chi connectivity index (χ1) is 9.04. The summed E-state index contributed by atoms with van der Waals surface area (Å²) in [4.78, 5) is 0. The van der Waals surface area contributed by atoms with Crippen molar-refractivity contribution in [2.45, 2.75) is 24.5 Å². The topological polar surface area (TPSA) is 56.9 Å². The van der Waals surface area contributed by atoms with E-state index in [0.717, 1.165) is 11.3 Å². The van der Waals surface area contributed by atoms with Crippen LogP contribution in [0.25, 0.3) is 0 Å². The number of nitrogens with zero attached hydrogens (tertiary/aromatic N) is 1. The van der Waals surface area contributed by atoms with Crippen molar-refractivity contribution in [1.82, 2.24) is 0 Å². The second-order valence-corrected chi connectivity index (χ2v) is 7.35. The summed E-state index contributed by atoms with van der Waals surface area (Å²) in [5.41, 5.74) is 1.09. The molecule has 2 aliphatic rings. The molecule has 3 nitrogen and oxygen atoms in total. The zero-order valence-corrected chi connectivity index (χ0v) is 11.8. The van der Waals surface area contributed by atoms with Gasteiger partial charge in [-0.2, -0.15) is 5.26 Å². The number of hydrogen-bond donors (Lipinski definition) is 1. The normalized spacial score (nSPS) is 31.6. The third-order valence-corrected chi connectivity index (χ3v) is 5.48. The molecule has 3 rings (SSSR count). The van der Waals surface area contributed by atoms with Gasteiger partial charge in [-0.05, 0) is 25.5 Å². The summed E-state index contributed by atoms with van der Waals surface area (Å²) in [6.07, 6.45) is 0. The number of para-hydroxylation sites is 1. The van der Waals surface area contributed by atoms with E-state index in [0.29, 0.717) is 11.7 Å². The molecule has 1 saturated heterocycles. The van der Waals surface area contributed by atoms with Gasteiger partial charge in [0.05, 0.1) is 17.7 Å². The van der Waals surface area contributed by atoms with Crippen LogP contribution in [0.1, 0.15) is 25.3 Å². The highest BCUT2D eigenvalue weighted by atomic mass is 32.2. The molecule has 19 heavy (non-hydrogen) atoms. The lowest BCUT2D eigenvalue weighted by Gasteiger charge is -2.48. The summed E-state index contributed by atoms with van der Waals surface area (Å²) in [6, 6.07) is 10.3. The molecule has 2 aliphatic heterocycles. The maximum absolute atomic E-state index is 9.45. The van der Waals surface area contributed by atoms with Gasteiger partial charge >= 0.3 is 0 Å². The second kappa shape index (κ2) is 4.28. The van der Waals surface area contributed by atoms with Crippen LogP contribution in [-0.4, -0.2) is 16.4 Å². The Morgan fingerprint density at radius 2 is 2.16 bits per heavy atom. The third-order valence-electron chi connectivity index (χ3n) is 4.18. The Labute approximate surface area is 117 Å². The van der Waals surface area contributed by atoms with Gasteiger partial charge in [-0.15, -0.1) is 11.8 Å². The van der Waals surface area contributed by atoms with E-state index in [1.165, 1.54) is 11.8 Å². The van der Waals surface area contributed by atoms with E-state index in [2.05, 4.69) is 19.9 Å². The van der Waals surface area contributed by atoms with Gasteiger partial charge in [0.15, 0.2) is 0 Å². The monoisotopic (exact) mass is 272 g/mol. The molecule has 4 heteroatoms. The van der Waals surface area contributed by atoms with Crippen LogP contribution in [-0.2, 0) is 0 Å². The summed E-state index contributed by atoms with van der Waals surface area (Å²) >= 11 is 1.52. The van der Waals surface area contributed by atoms with Gasteiger partial charge in [0.25, 0.3) is 0 Å². The van der Waals surface area contributed by atoms with Gasteiger partial charge < -0.3 is 4.74 Å². The van der Waals surface area contributed by atoms with E-state index in [9.17, 15) is 5.26 Å². The molecule has 0 radical (unpaired) electrons. The van der Waals surface area contributed by atoms with Crippen LogP contribution in [0.3, 0.4) is 0 Å². The number of fused-ring (bicyclic) bond motifs is 3. The molecule has 0 aromatic heterocycles. The highest BCUT2D eigenvalue weighted by Crippen LogP contribution is 2.54. The standard InChI is InChI=1S/C15H16N2OS/c1-15(2)11-8-18-12-6-4-3-5-9(12)13(11)10(7-16)14(17)19-15/h3-6,10-11,13,17H,8H2,1-2H3/t10-,11+,13+/m1/s1. The first-order valence-electron chi connectivity index (χ1n) is 6.43. The number of hydrogen-bond acceptors (Lipinski definition) is 4. The van der Waals surface area contributed by atoms with E-state index in [4.69, 9.17) is 10.1 Å². The Morgan fingerprint density at radius 3 is 2.89 bits per heavy atom. The summed E-state index contributed by atoms with van der Waals surface area (Å²) in [7, 11) is 0. The first kappa shape index (κ1) is 12.6. The van der Waals surface area contributed by atoms with Crippen molar-refractivity contribution in [3.05, 3.63) is 29.8 Å². The van der Waals surface area contributed by atoms with Gasteiger partial charge in [0.1, 0.15) is 11.7 Å². The number of benzene rings is 1. The molecular formula is C15H16N2OS. The molecular weight excluding hydrogens is 256 g/mol. The lowest BCUT2D eigenvalue weighted by molar-refractivity contribution is 0.158. The summed E-state index contributed by atoms with van der Waals surface area (Å²) in [5, 5.41) is 18.1. The van der Waals surface area contributed by atoms with Crippen molar-refractivity contribution >= 4 is 16.8 Å². The fraction of sp³-hybridized carbons (Fsp3) is 0.467. The van der Waals surface area contributed by atoms with Gasteiger partial charge in [0, 0.05) is 16.6 Å². The summed E-state index contributed by atoms with van der Waals surface area (Å²) < 4.78 is 5.80. The highest BCUT2D eigenvalue weighted by molar-refractivity contribution is 8.15. The minimum atomic E-state index is -0.340. The predicted octanol–water partition coefficient (Wildman–Crippen LogP) is 3.42. The minimum Gasteiger partial charge on any atom is -0.493 e. The number of nitrogens with one attached hydrogen (secondary N) is 1. The molecule has 1 aromatic rings. The van der Waals surface area contributed by atoms with Crippen LogP contribution in [0.2, 0.25) is 0 Å². The second-order valence-electron chi connectivity index (χ2n) is 5.66. The van der Waals surface area contributed by atoms with E-state index in [-0.39, 0.29) is 22.5 Å². The molecule has 98 valence electrons. The van der Waals surface area contributed by atoms with Crippen molar-refractivity contribution in [2.24, 2.45) is 11.8 Å². The lowest BCUT2D eigenvalue weighted by atomic mass is 9.71. The number of rotatable bonds is 0. The van der Waals surface area contributed by atoms with Crippen LogP contribution in [0, 0.1) is 28.6 Å². The molecule has 3 atom stereocenters. The van der Waals surface area contributed by atoms with Crippen molar-refractivity contribution in [3.8, 4) is 11.8 Å². The van der Waals surface area contributed by atoms with Crippen LogP contribution in [0.15, 0.2) is 24.3 Å². The van der Waals surface area contributed by atoms with Crippen LogP contribution >= 0.6 is 11.8 Å². The lowest BCUT2D eigenvalue weighted by Crippen LogP contribution is -2.48. The molecule has 0 unspecified atom stereocenters. The van der Waals surface area contributed by atoms with Crippen LogP contribution in [0.5, 0.6) is 5.75 Å². The highest BCUT2D eigenvalue weighted by Gasteiger charge is 2.51. The number of nitriles is 1. The Kier molecular flexibility index (Phi) is 2.83. The van der Waals surface area contributed by atoms with E-state index in [1.54, 1.807) is 0 Å². The molecule has 2 heterocycles. The van der Waals surface area contributed by atoms with Gasteiger partial charge in [-0.3, -0.25) is 5.41 Å². The SMILES string of the molecule is CC1(C)SC(=N)[C@H](C#N)[C@@H]2c3ccccc3OC[C@@H]21. The quantitative estimate of drug-likeness (QED) is 0.787. The first-order valence-corrected chi connectivity index (χ1v) is 7.25. The van der Waals surface area contributed by atoms with Gasteiger partial charge in [0.2, 0.25) is 0 Å². The van der Waals surface area contributed by atoms with E-state index >= 15 is 0 Å². The van der Waals surface area contributed by atoms with Crippen molar-refractivity contribution < 1.29 is 4.74 Å². The molecule has 0 bridgehead atoms.